The summed E-state index contributed by atoms with van der Waals surface area (Å²) < 4.78 is 0. The maximum Gasteiger partial charge on any atom is 0.337 e. The zero-order chi connectivity index (χ0) is 18.2. The molecule has 0 spiro atoms. The fourth-order valence-electron chi connectivity index (χ4n) is 1.93. The number of hydrogen-bond acceptors (Lipinski definition) is 5. The fraction of sp³-hybridized carbons (Fsp3) is 0.111. The van der Waals surface area contributed by atoms with Crippen LogP contribution >= 0.6 is 11.6 Å². The monoisotopic (exact) mass is 356 g/mol. The van der Waals surface area contributed by atoms with Crippen molar-refractivity contribution in [1.82, 2.24) is 15.0 Å². The number of carbonyl (C=O) groups is 1. The van der Waals surface area contributed by atoms with E-state index < -0.39 is 5.97 Å². The van der Waals surface area contributed by atoms with Crippen molar-refractivity contribution in [2.24, 2.45) is 0 Å². The van der Waals surface area contributed by atoms with Gasteiger partial charge in [0, 0.05) is 23.3 Å². The summed E-state index contributed by atoms with van der Waals surface area (Å²) in [5.41, 5.74) is 3.09. The van der Waals surface area contributed by atoms with E-state index in [0.29, 0.717) is 11.1 Å². The first-order chi connectivity index (χ1) is 11.9. The highest BCUT2D eigenvalue weighted by Crippen LogP contribution is 2.12. The number of halogens is 1. The molecule has 0 fully saturated rings. The average molecular weight is 357 g/mol. The predicted octanol–water partition coefficient (Wildman–Crippen LogP) is 4.27. The summed E-state index contributed by atoms with van der Waals surface area (Å²) in [7, 11) is 0. The first-order valence-corrected chi connectivity index (χ1v) is 7.81. The third kappa shape index (κ3) is 6.19. The number of aromatic nitrogens is 3. The van der Waals surface area contributed by atoms with Crippen LogP contribution in [-0.2, 0) is 0 Å². The van der Waals surface area contributed by atoms with Gasteiger partial charge in [-0.25, -0.2) is 19.7 Å². The van der Waals surface area contributed by atoms with Gasteiger partial charge in [0.1, 0.15) is 5.15 Å². The van der Waals surface area contributed by atoms with Crippen LogP contribution in [-0.4, -0.2) is 26.0 Å². The zero-order valence-corrected chi connectivity index (χ0v) is 14.5. The summed E-state index contributed by atoms with van der Waals surface area (Å²) in [5, 5.41) is 11.9. The Balaban J connectivity index is 0.000000196. The standard InChI is InChI=1S/C12H13N3.C6H4ClNO2/c1-9-8-10(2)14-12(13-9)15-11-6-4-3-5-7-11;7-5-2-1-4(3-8-5)6(9)10/h3-8H,1-2H3,(H,13,14,15);1-3H,(H,9,10). The molecule has 1 aromatic carbocycles. The Kier molecular flexibility index (Phi) is 6.42. The molecule has 0 unspecified atom stereocenters. The molecule has 25 heavy (non-hydrogen) atoms. The van der Waals surface area contributed by atoms with Gasteiger partial charge in [-0.2, -0.15) is 0 Å². The Hall–Kier alpha value is -2.99. The minimum Gasteiger partial charge on any atom is -0.478 e. The molecule has 2 aromatic heterocycles. The number of aromatic carboxylic acids is 1. The number of nitrogens with one attached hydrogen (secondary N) is 1. The van der Waals surface area contributed by atoms with Crippen molar-refractivity contribution in [1.29, 1.82) is 0 Å². The fourth-order valence-corrected chi connectivity index (χ4v) is 2.05. The van der Waals surface area contributed by atoms with E-state index in [0.717, 1.165) is 17.1 Å². The number of benzene rings is 1. The topological polar surface area (TPSA) is 88.0 Å². The number of carboxylic acid groups (broad SMARTS) is 1. The van der Waals surface area contributed by atoms with Crippen LogP contribution in [0.15, 0.2) is 54.7 Å². The third-order valence-corrected chi connectivity index (χ3v) is 3.21. The van der Waals surface area contributed by atoms with Crippen molar-refractivity contribution < 1.29 is 9.90 Å². The number of hydrogen-bond donors (Lipinski definition) is 2. The minimum absolute atomic E-state index is 0.143. The summed E-state index contributed by atoms with van der Waals surface area (Å²) in [5.74, 6) is -0.345. The molecule has 0 aliphatic heterocycles. The van der Waals surface area contributed by atoms with Crippen LogP contribution in [0.2, 0.25) is 5.15 Å². The number of anilines is 2. The van der Waals surface area contributed by atoms with E-state index in [-0.39, 0.29) is 5.56 Å². The van der Waals surface area contributed by atoms with Crippen molar-refractivity contribution in [2.75, 3.05) is 5.32 Å². The first-order valence-electron chi connectivity index (χ1n) is 7.43. The van der Waals surface area contributed by atoms with Crippen molar-refractivity contribution in [2.45, 2.75) is 13.8 Å². The van der Waals surface area contributed by atoms with Gasteiger partial charge in [0.25, 0.3) is 0 Å². The molecule has 3 aromatic rings. The van der Waals surface area contributed by atoms with Gasteiger partial charge in [0.15, 0.2) is 0 Å². The molecular formula is C18H17ClN4O2. The highest BCUT2D eigenvalue weighted by molar-refractivity contribution is 6.29. The molecule has 3 rings (SSSR count). The summed E-state index contributed by atoms with van der Waals surface area (Å²) in [6, 6.07) is 14.7. The molecule has 0 aliphatic rings. The van der Waals surface area contributed by atoms with E-state index in [9.17, 15) is 4.79 Å². The normalized spacial score (nSPS) is 9.72. The van der Waals surface area contributed by atoms with Crippen molar-refractivity contribution >= 4 is 29.2 Å². The van der Waals surface area contributed by atoms with Gasteiger partial charge >= 0.3 is 5.97 Å². The molecule has 0 saturated heterocycles. The van der Waals surface area contributed by atoms with Crippen LogP contribution in [0.25, 0.3) is 0 Å². The molecule has 2 N–H and O–H groups in total. The molecule has 0 radical (unpaired) electrons. The van der Waals surface area contributed by atoms with Crippen molar-refractivity contribution in [3.05, 3.63) is 76.8 Å². The molecule has 0 saturated carbocycles. The number of pyridine rings is 1. The maximum absolute atomic E-state index is 10.2. The summed E-state index contributed by atoms with van der Waals surface area (Å²) in [6.07, 6.45) is 1.21. The second-order valence-electron chi connectivity index (χ2n) is 5.14. The van der Waals surface area contributed by atoms with Crippen LogP contribution in [0.3, 0.4) is 0 Å². The van der Waals surface area contributed by atoms with E-state index >= 15 is 0 Å². The Bertz CT molecular complexity index is 819. The van der Waals surface area contributed by atoms with Gasteiger partial charge in [-0.1, -0.05) is 29.8 Å². The van der Waals surface area contributed by atoms with Gasteiger partial charge in [0.05, 0.1) is 5.56 Å². The zero-order valence-electron chi connectivity index (χ0n) is 13.8. The Labute approximate surface area is 150 Å². The molecule has 0 amide bonds. The number of nitrogens with zero attached hydrogens (tertiary/aromatic N) is 3. The van der Waals surface area contributed by atoms with Crippen LogP contribution in [0.4, 0.5) is 11.6 Å². The Morgan fingerprint density at radius 3 is 2.20 bits per heavy atom. The van der Waals surface area contributed by atoms with E-state index in [2.05, 4.69) is 20.3 Å². The second kappa shape index (κ2) is 8.75. The highest BCUT2D eigenvalue weighted by Gasteiger charge is 2.00. The molecule has 6 nitrogen and oxygen atoms in total. The van der Waals surface area contributed by atoms with E-state index in [1.807, 2.05) is 50.2 Å². The van der Waals surface area contributed by atoms with Gasteiger partial charge in [0.2, 0.25) is 5.95 Å². The average Bonchev–Trinajstić information content (AvgIpc) is 2.56. The highest BCUT2D eigenvalue weighted by atomic mass is 35.5. The molecular weight excluding hydrogens is 340 g/mol. The van der Waals surface area contributed by atoms with E-state index in [4.69, 9.17) is 16.7 Å². The number of para-hydroxylation sites is 1. The minimum atomic E-state index is -0.996. The number of aryl methyl sites for hydroxylation is 2. The third-order valence-electron chi connectivity index (χ3n) is 2.99. The quantitative estimate of drug-likeness (QED) is 0.681. The summed E-state index contributed by atoms with van der Waals surface area (Å²) in [4.78, 5) is 22.4. The molecule has 2 heterocycles. The van der Waals surface area contributed by atoms with Crippen LogP contribution in [0.5, 0.6) is 0 Å². The smallest absolute Gasteiger partial charge is 0.337 e. The van der Waals surface area contributed by atoms with Gasteiger partial charge in [-0.05, 0) is 44.2 Å². The van der Waals surface area contributed by atoms with Gasteiger partial charge in [-0.3, -0.25) is 0 Å². The number of rotatable bonds is 3. The lowest BCUT2D eigenvalue weighted by Gasteiger charge is -2.05. The Morgan fingerprint density at radius 1 is 1.04 bits per heavy atom. The molecule has 7 heteroatoms. The lowest BCUT2D eigenvalue weighted by molar-refractivity contribution is 0.0696. The SMILES string of the molecule is Cc1cc(C)nc(Nc2ccccc2)n1.O=C(O)c1ccc(Cl)nc1. The number of carboxylic acids is 1. The van der Waals surface area contributed by atoms with Crippen LogP contribution in [0.1, 0.15) is 21.7 Å². The predicted molar refractivity (Wildman–Crippen MR) is 97.4 cm³/mol. The largest absolute Gasteiger partial charge is 0.478 e. The van der Waals surface area contributed by atoms with Gasteiger partial charge < -0.3 is 10.4 Å². The van der Waals surface area contributed by atoms with E-state index in [1.54, 1.807) is 0 Å². The summed E-state index contributed by atoms with van der Waals surface area (Å²) >= 11 is 5.41. The van der Waals surface area contributed by atoms with Crippen LogP contribution in [0, 0.1) is 13.8 Å². The summed E-state index contributed by atoms with van der Waals surface area (Å²) in [6.45, 7) is 3.93. The second-order valence-corrected chi connectivity index (χ2v) is 5.53. The first kappa shape index (κ1) is 18.4. The lowest BCUT2D eigenvalue weighted by atomic mass is 10.3. The maximum atomic E-state index is 10.2. The lowest BCUT2D eigenvalue weighted by Crippen LogP contribution is -1.99. The Morgan fingerprint density at radius 2 is 1.68 bits per heavy atom. The van der Waals surface area contributed by atoms with Crippen LogP contribution < -0.4 is 5.32 Å². The molecule has 0 atom stereocenters. The molecule has 128 valence electrons. The van der Waals surface area contributed by atoms with E-state index in [1.165, 1.54) is 18.3 Å². The molecule has 0 bridgehead atoms. The molecule has 0 aliphatic carbocycles. The van der Waals surface area contributed by atoms with Gasteiger partial charge in [-0.15, -0.1) is 0 Å². The van der Waals surface area contributed by atoms with Crippen molar-refractivity contribution in [3.63, 3.8) is 0 Å². The van der Waals surface area contributed by atoms with Crippen molar-refractivity contribution in [3.8, 4) is 0 Å².